The zero-order valence-electron chi connectivity index (χ0n) is 13.5. The molecule has 0 radical (unpaired) electrons. The van der Waals surface area contributed by atoms with Crippen LogP contribution < -0.4 is 14.8 Å². The molecule has 5 nitrogen and oxygen atoms in total. The van der Waals surface area contributed by atoms with Gasteiger partial charge in [-0.05, 0) is 35.9 Å². The van der Waals surface area contributed by atoms with Crippen molar-refractivity contribution in [2.45, 2.75) is 19.1 Å². The van der Waals surface area contributed by atoms with E-state index in [1.807, 2.05) is 36.0 Å². The number of thioether (sulfide) groups is 1. The first-order valence-corrected chi connectivity index (χ1v) is 9.01. The Kier molecular flexibility index (Phi) is 5.59. The van der Waals surface area contributed by atoms with Gasteiger partial charge in [-0.25, -0.2) is 4.98 Å². The molecule has 2 aromatic rings. The van der Waals surface area contributed by atoms with Crippen molar-refractivity contribution in [3.05, 3.63) is 53.7 Å². The molecule has 1 N–H and O–H groups in total. The number of carbonyl (C=O) groups excluding carboxylic acids is 1. The fourth-order valence-electron chi connectivity index (χ4n) is 2.39. The van der Waals surface area contributed by atoms with E-state index < -0.39 is 0 Å². The summed E-state index contributed by atoms with van der Waals surface area (Å²) in [5.41, 5.74) is 1.53. The minimum absolute atomic E-state index is 0.152. The van der Waals surface area contributed by atoms with Gasteiger partial charge in [-0.3, -0.25) is 4.79 Å². The zero-order chi connectivity index (χ0) is 16.8. The third-order valence-corrected chi connectivity index (χ3v) is 4.92. The van der Waals surface area contributed by atoms with Crippen molar-refractivity contribution in [3.63, 3.8) is 0 Å². The number of hydrogen-bond acceptors (Lipinski definition) is 5. The molecular weight excluding hydrogens is 324 g/mol. The highest BCUT2D eigenvalue weighted by Gasteiger charge is 2.17. The molecule has 1 aromatic carbocycles. The molecule has 1 aromatic heterocycles. The van der Waals surface area contributed by atoms with Crippen molar-refractivity contribution >= 4 is 17.7 Å². The molecule has 0 bridgehead atoms. The quantitative estimate of drug-likeness (QED) is 0.873. The summed E-state index contributed by atoms with van der Waals surface area (Å²) >= 11 is 1.89. The van der Waals surface area contributed by atoms with Gasteiger partial charge in [0.05, 0.1) is 12.7 Å². The van der Waals surface area contributed by atoms with E-state index in [0.29, 0.717) is 18.0 Å². The van der Waals surface area contributed by atoms with Crippen molar-refractivity contribution in [2.24, 2.45) is 0 Å². The van der Waals surface area contributed by atoms with Gasteiger partial charge >= 0.3 is 0 Å². The van der Waals surface area contributed by atoms with Gasteiger partial charge in [0.15, 0.2) is 0 Å². The van der Waals surface area contributed by atoms with Crippen LogP contribution in [0.25, 0.3) is 0 Å². The summed E-state index contributed by atoms with van der Waals surface area (Å²) < 4.78 is 10.9. The smallest absolute Gasteiger partial charge is 0.253 e. The third kappa shape index (κ3) is 4.41. The number of nitrogens with one attached hydrogen (secondary N) is 1. The van der Waals surface area contributed by atoms with Crippen molar-refractivity contribution in [1.82, 2.24) is 10.3 Å². The standard InChI is InChI=1S/C18H20N2O3S/c1-22-15-5-2-13(3-6-15)10-20-18(21)14-4-7-17(19-11-14)23-16-8-9-24-12-16/h2-7,11,16H,8-10,12H2,1H3,(H,20,21). The SMILES string of the molecule is COc1ccc(CNC(=O)c2ccc(OC3CCSC3)nc2)cc1. The highest BCUT2D eigenvalue weighted by molar-refractivity contribution is 7.99. The van der Waals surface area contributed by atoms with Gasteiger partial charge in [0.1, 0.15) is 11.9 Å². The van der Waals surface area contributed by atoms with Crippen LogP contribution in [0.5, 0.6) is 11.6 Å². The van der Waals surface area contributed by atoms with Crippen LogP contribution in [0.2, 0.25) is 0 Å². The first kappa shape index (κ1) is 16.6. The fraction of sp³-hybridized carbons (Fsp3) is 0.333. The van der Waals surface area contributed by atoms with Gasteiger partial charge in [0.2, 0.25) is 5.88 Å². The van der Waals surface area contributed by atoms with Gasteiger partial charge in [0, 0.05) is 24.6 Å². The number of aromatic nitrogens is 1. The largest absolute Gasteiger partial charge is 0.497 e. The first-order valence-electron chi connectivity index (χ1n) is 7.86. The van der Waals surface area contributed by atoms with Crippen molar-refractivity contribution in [2.75, 3.05) is 18.6 Å². The Bertz CT molecular complexity index is 668. The molecule has 3 rings (SSSR count). The van der Waals surface area contributed by atoms with E-state index in [4.69, 9.17) is 9.47 Å². The van der Waals surface area contributed by atoms with Gasteiger partial charge < -0.3 is 14.8 Å². The van der Waals surface area contributed by atoms with Crippen LogP contribution >= 0.6 is 11.8 Å². The number of carbonyl (C=O) groups is 1. The zero-order valence-corrected chi connectivity index (χ0v) is 14.3. The maximum absolute atomic E-state index is 12.2. The average Bonchev–Trinajstić information content (AvgIpc) is 3.14. The molecule has 126 valence electrons. The van der Waals surface area contributed by atoms with E-state index in [-0.39, 0.29) is 12.0 Å². The molecule has 0 aliphatic carbocycles. The summed E-state index contributed by atoms with van der Waals surface area (Å²) in [7, 11) is 1.63. The number of benzene rings is 1. The molecule has 1 aliphatic rings. The summed E-state index contributed by atoms with van der Waals surface area (Å²) in [4.78, 5) is 16.4. The Hall–Kier alpha value is -2.21. The highest BCUT2D eigenvalue weighted by Crippen LogP contribution is 2.22. The van der Waals surface area contributed by atoms with E-state index in [1.165, 1.54) is 0 Å². The van der Waals surface area contributed by atoms with E-state index in [0.717, 1.165) is 29.2 Å². The van der Waals surface area contributed by atoms with Crippen LogP contribution in [0.15, 0.2) is 42.6 Å². The van der Waals surface area contributed by atoms with Crippen LogP contribution in [0.4, 0.5) is 0 Å². The van der Waals surface area contributed by atoms with Crippen molar-refractivity contribution in [3.8, 4) is 11.6 Å². The van der Waals surface area contributed by atoms with Crippen LogP contribution in [0.3, 0.4) is 0 Å². The highest BCUT2D eigenvalue weighted by atomic mass is 32.2. The fourth-order valence-corrected chi connectivity index (χ4v) is 3.48. The summed E-state index contributed by atoms with van der Waals surface area (Å²) in [6, 6.07) is 11.1. The van der Waals surface area contributed by atoms with Gasteiger partial charge in [-0.1, -0.05) is 12.1 Å². The predicted molar refractivity (Wildman–Crippen MR) is 94.8 cm³/mol. The number of methoxy groups -OCH3 is 1. The first-order chi connectivity index (χ1) is 11.7. The number of hydrogen-bond donors (Lipinski definition) is 1. The summed E-state index contributed by atoms with van der Waals surface area (Å²) in [5.74, 6) is 3.36. The molecular formula is C18H20N2O3S. The molecule has 1 aliphatic heterocycles. The Morgan fingerprint density at radius 1 is 1.29 bits per heavy atom. The van der Waals surface area contributed by atoms with Crippen molar-refractivity contribution < 1.29 is 14.3 Å². The lowest BCUT2D eigenvalue weighted by molar-refractivity contribution is 0.0950. The molecule has 2 heterocycles. The number of nitrogens with zero attached hydrogens (tertiary/aromatic N) is 1. The number of amides is 1. The molecule has 24 heavy (non-hydrogen) atoms. The Morgan fingerprint density at radius 3 is 2.75 bits per heavy atom. The molecule has 1 saturated heterocycles. The topological polar surface area (TPSA) is 60.5 Å². The molecule has 1 fully saturated rings. The van der Waals surface area contributed by atoms with Crippen LogP contribution in [-0.4, -0.2) is 35.6 Å². The third-order valence-electron chi connectivity index (χ3n) is 3.79. The minimum Gasteiger partial charge on any atom is -0.497 e. The minimum atomic E-state index is -0.152. The average molecular weight is 344 g/mol. The second-order valence-corrected chi connectivity index (χ2v) is 6.67. The van der Waals surface area contributed by atoms with E-state index in [1.54, 1.807) is 25.4 Å². The van der Waals surface area contributed by atoms with Crippen molar-refractivity contribution in [1.29, 1.82) is 0 Å². The van der Waals surface area contributed by atoms with Gasteiger partial charge in [-0.15, -0.1) is 0 Å². The Morgan fingerprint density at radius 2 is 2.12 bits per heavy atom. The summed E-state index contributed by atoms with van der Waals surface area (Å²) in [6.45, 7) is 0.459. The second kappa shape index (κ2) is 8.06. The Labute approximate surface area is 145 Å². The van der Waals surface area contributed by atoms with Crippen LogP contribution in [0, 0.1) is 0 Å². The van der Waals surface area contributed by atoms with Gasteiger partial charge in [-0.2, -0.15) is 11.8 Å². The molecule has 1 unspecified atom stereocenters. The number of pyridine rings is 1. The second-order valence-electron chi connectivity index (χ2n) is 5.52. The monoisotopic (exact) mass is 344 g/mol. The lowest BCUT2D eigenvalue weighted by Gasteiger charge is -2.11. The number of rotatable bonds is 6. The molecule has 0 spiro atoms. The summed E-state index contributed by atoms with van der Waals surface area (Å²) in [5, 5.41) is 2.88. The normalized spacial score (nSPS) is 16.6. The molecule has 1 amide bonds. The molecule has 1 atom stereocenters. The van der Waals surface area contributed by atoms with Crippen LogP contribution in [-0.2, 0) is 6.54 Å². The van der Waals surface area contributed by atoms with E-state index in [2.05, 4.69) is 10.3 Å². The number of ether oxygens (including phenoxy) is 2. The maximum atomic E-state index is 12.2. The maximum Gasteiger partial charge on any atom is 0.253 e. The van der Waals surface area contributed by atoms with E-state index in [9.17, 15) is 4.79 Å². The molecule has 6 heteroatoms. The molecule has 0 saturated carbocycles. The Balaban J connectivity index is 1.52. The predicted octanol–water partition coefficient (Wildman–Crippen LogP) is 2.90. The summed E-state index contributed by atoms with van der Waals surface area (Å²) in [6.07, 6.45) is 2.84. The van der Waals surface area contributed by atoms with Crippen LogP contribution in [0.1, 0.15) is 22.3 Å². The lowest BCUT2D eigenvalue weighted by Crippen LogP contribution is -2.23. The van der Waals surface area contributed by atoms with E-state index >= 15 is 0 Å². The lowest BCUT2D eigenvalue weighted by atomic mass is 10.2. The van der Waals surface area contributed by atoms with Gasteiger partial charge in [0.25, 0.3) is 5.91 Å².